The highest BCUT2D eigenvalue weighted by molar-refractivity contribution is 7.92. The quantitative estimate of drug-likeness (QED) is 0.435. The summed E-state index contributed by atoms with van der Waals surface area (Å²) < 4.78 is 41.6. The highest BCUT2D eigenvalue weighted by atomic mass is 32.2. The van der Waals surface area contributed by atoms with Crippen molar-refractivity contribution in [1.29, 1.82) is 5.26 Å². The minimum Gasteiger partial charge on any atom is -0.382 e. The number of anilines is 2. The molecule has 0 saturated carbocycles. The summed E-state index contributed by atoms with van der Waals surface area (Å²) in [6.45, 7) is 4.23. The number of nitrogens with one attached hydrogen (secondary N) is 3. The van der Waals surface area contributed by atoms with E-state index in [-0.39, 0.29) is 29.5 Å². The average Bonchev–Trinajstić information content (AvgIpc) is 2.79. The molecule has 0 unspecified atom stereocenters. The van der Waals surface area contributed by atoms with Gasteiger partial charge in [-0.3, -0.25) is 9.52 Å². The first kappa shape index (κ1) is 23.8. The number of halogens is 1. The maximum atomic E-state index is 13.6. The zero-order chi connectivity index (χ0) is 24.0. The zero-order valence-electron chi connectivity index (χ0n) is 18.1. The zero-order valence-corrected chi connectivity index (χ0v) is 19.0. The number of nitrogens with zero attached hydrogens (tertiary/aromatic N) is 1. The molecular formula is C24H23FN4O3S. The van der Waals surface area contributed by atoms with E-state index in [1.165, 1.54) is 36.4 Å². The molecule has 7 nitrogen and oxygen atoms in total. The summed E-state index contributed by atoms with van der Waals surface area (Å²) in [7, 11) is -3.81. The van der Waals surface area contributed by atoms with Gasteiger partial charge in [-0.2, -0.15) is 5.26 Å². The van der Waals surface area contributed by atoms with Crippen LogP contribution in [0.25, 0.3) is 0 Å². The second-order valence-electron chi connectivity index (χ2n) is 7.33. The number of amides is 1. The minimum absolute atomic E-state index is 0.0387. The molecule has 0 bridgehead atoms. The molecule has 0 fully saturated rings. The normalized spacial score (nSPS) is 10.8. The van der Waals surface area contributed by atoms with Gasteiger partial charge in [-0.25, -0.2) is 12.8 Å². The Kier molecular flexibility index (Phi) is 7.30. The van der Waals surface area contributed by atoms with Gasteiger partial charge < -0.3 is 10.6 Å². The second-order valence-corrected chi connectivity index (χ2v) is 9.02. The first-order chi connectivity index (χ1) is 15.7. The lowest BCUT2D eigenvalue weighted by molar-refractivity contribution is 0.0955. The van der Waals surface area contributed by atoms with Gasteiger partial charge in [0.05, 0.1) is 16.3 Å². The summed E-state index contributed by atoms with van der Waals surface area (Å²) in [6.07, 6.45) is 0. The summed E-state index contributed by atoms with van der Waals surface area (Å²) in [4.78, 5) is 12.4. The van der Waals surface area contributed by atoms with Gasteiger partial charge >= 0.3 is 0 Å². The number of nitriles is 1. The van der Waals surface area contributed by atoms with Crippen molar-refractivity contribution in [2.24, 2.45) is 0 Å². The van der Waals surface area contributed by atoms with Crippen LogP contribution in [-0.2, 0) is 10.0 Å². The molecule has 1 amide bonds. The van der Waals surface area contributed by atoms with E-state index in [4.69, 9.17) is 5.26 Å². The second kappa shape index (κ2) is 10.1. The number of hydrogen-bond donors (Lipinski definition) is 3. The molecule has 0 atom stereocenters. The van der Waals surface area contributed by atoms with Gasteiger partial charge in [0.1, 0.15) is 17.4 Å². The molecule has 170 valence electrons. The number of hydrogen-bond acceptors (Lipinski definition) is 5. The fourth-order valence-electron chi connectivity index (χ4n) is 3.11. The topological polar surface area (TPSA) is 111 Å². The van der Waals surface area contributed by atoms with E-state index in [1.807, 2.05) is 19.9 Å². The predicted octanol–water partition coefficient (Wildman–Crippen LogP) is 3.96. The third kappa shape index (κ3) is 5.67. The monoisotopic (exact) mass is 466 g/mol. The summed E-state index contributed by atoms with van der Waals surface area (Å²) in [5, 5.41) is 14.6. The van der Waals surface area contributed by atoms with Crippen molar-refractivity contribution >= 4 is 27.3 Å². The van der Waals surface area contributed by atoms with Gasteiger partial charge in [0.2, 0.25) is 0 Å². The highest BCUT2D eigenvalue weighted by Crippen LogP contribution is 2.22. The lowest BCUT2D eigenvalue weighted by Crippen LogP contribution is -2.29. The number of aryl methyl sites for hydroxylation is 1. The SMILES string of the molecule is Cc1cccc(NS(=O)(=O)c2ccc(C(=O)NCCNc3cccc(F)c3C#N)cc2)c1C. The van der Waals surface area contributed by atoms with Crippen molar-refractivity contribution in [3.8, 4) is 6.07 Å². The lowest BCUT2D eigenvalue weighted by Gasteiger charge is -2.13. The van der Waals surface area contributed by atoms with Crippen LogP contribution in [0.3, 0.4) is 0 Å². The Bertz CT molecular complexity index is 1320. The number of sulfonamides is 1. The van der Waals surface area contributed by atoms with E-state index >= 15 is 0 Å². The fourth-order valence-corrected chi connectivity index (χ4v) is 4.23. The summed E-state index contributed by atoms with van der Waals surface area (Å²) in [5.41, 5.74) is 2.86. The highest BCUT2D eigenvalue weighted by Gasteiger charge is 2.16. The van der Waals surface area contributed by atoms with E-state index in [9.17, 15) is 17.6 Å². The average molecular weight is 467 g/mol. The third-order valence-corrected chi connectivity index (χ3v) is 6.51. The Morgan fingerprint density at radius 2 is 1.64 bits per heavy atom. The first-order valence-electron chi connectivity index (χ1n) is 10.1. The minimum atomic E-state index is -3.81. The van der Waals surface area contributed by atoms with Crippen molar-refractivity contribution < 1.29 is 17.6 Å². The molecule has 3 rings (SSSR count). The number of rotatable bonds is 8. The van der Waals surface area contributed by atoms with Crippen molar-refractivity contribution in [1.82, 2.24) is 5.32 Å². The molecule has 0 aliphatic rings. The van der Waals surface area contributed by atoms with Gasteiger partial charge in [-0.15, -0.1) is 0 Å². The molecule has 0 saturated heterocycles. The predicted molar refractivity (Wildman–Crippen MR) is 125 cm³/mol. The number of carbonyl (C=O) groups excluding carboxylic acids is 1. The molecule has 0 heterocycles. The molecule has 3 aromatic rings. The van der Waals surface area contributed by atoms with Gasteiger partial charge in [0.25, 0.3) is 15.9 Å². The summed E-state index contributed by atoms with van der Waals surface area (Å²) in [5.74, 6) is -1.00. The van der Waals surface area contributed by atoms with Crippen molar-refractivity contribution in [2.75, 3.05) is 23.1 Å². The largest absolute Gasteiger partial charge is 0.382 e. The third-order valence-electron chi connectivity index (χ3n) is 5.13. The van der Waals surface area contributed by atoms with Crippen LogP contribution in [0.15, 0.2) is 65.6 Å². The fraction of sp³-hybridized carbons (Fsp3) is 0.167. The molecule has 0 radical (unpaired) electrons. The molecule has 9 heteroatoms. The number of carbonyl (C=O) groups is 1. The van der Waals surface area contributed by atoms with Crippen molar-refractivity contribution in [3.05, 3.63) is 88.7 Å². The van der Waals surface area contributed by atoms with Crippen LogP contribution in [-0.4, -0.2) is 27.4 Å². The van der Waals surface area contributed by atoms with Crippen LogP contribution in [0, 0.1) is 31.0 Å². The van der Waals surface area contributed by atoms with Crippen LogP contribution in [0.2, 0.25) is 0 Å². The lowest BCUT2D eigenvalue weighted by atomic mass is 10.1. The van der Waals surface area contributed by atoms with E-state index in [0.29, 0.717) is 16.9 Å². The summed E-state index contributed by atoms with van der Waals surface area (Å²) in [6, 6.07) is 17.0. The van der Waals surface area contributed by atoms with E-state index in [1.54, 1.807) is 24.3 Å². The molecule has 0 spiro atoms. The molecule has 0 aliphatic heterocycles. The maximum Gasteiger partial charge on any atom is 0.261 e. The van der Waals surface area contributed by atoms with Gasteiger partial charge in [0.15, 0.2) is 0 Å². The number of benzene rings is 3. The first-order valence-corrected chi connectivity index (χ1v) is 11.6. The van der Waals surface area contributed by atoms with Crippen LogP contribution >= 0.6 is 0 Å². The standard InChI is InChI=1S/C24H23FN4O3S/c1-16-5-3-7-22(17(16)2)29-33(31,32)19-11-9-18(10-12-19)24(30)28-14-13-27-23-8-4-6-21(25)20(23)15-26/h3-12,27,29H,13-14H2,1-2H3,(H,28,30). The Balaban J connectivity index is 1.58. The molecule has 33 heavy (non-hydrogen) atoms. The Morgan fingerprint density at radius 3 is 2.33 bits per heavy atom. The Labute approximate surface area is 192 Å². The molecule has 3 N–H and O–H groups in total. The Morgan fingerprint density at radius 1 is 0.970 bits per heavy atom. The molecular weight excluding hydrogens is 443 g/mol. The smallest absolute Gasteiger partial charge is 0.261 e. The van der Waals surface area contributed by atoms with E-state index < -0.39 is 15.8 Å². The van der Waals surface area contributed by atoms with E-state index in [0.717, 1.165) is 11.1 Å². The molecule has 0 aromatic heterocycles. The van der Waals surface area contributed by atoms with Crippen molar-refractivity contribution in [3.63, 3.8) is 0 Å². The van der Waals surface area contributed by atoms with E-state index in [2.05, 4.69) is 15.4 Å². The van der Waals surface area contributed by atoms with Gasteiger partial charge in [0, 0.05) is 18.7 Å². The van der Waals surface area contributed by atoms with Gasteiger partial charge in [-0.1, -0.05) is 18.2 Å². The van der Waals surface area contributed by atoms with Crippen molar-refractivity contribution in [2.45, 2.75) is 18.7 Å². The van der Waals surface area contributed by atoms with Crippen LogP contribution in [0.5, 0.6) is 0 Å². The van der Waals surface area contributed by atoms with Crippen LogP contribution in [0.1, 0.15) is 27.0 Å². The van der Waals surface area contributed by atoms with Crippen LogP contribution in [0.4, 0.5) is 15.8 Å². The van der Waals surface area contributed by atoms with Gasteiger partial charge in [-0.05, 0) is 67.4 Å². The Hall–Kier alpha value is -3.90. The summed E-state index contributed by atoms with van der Waals surface area (Å²) >= 11 is 0. The van der Waals surface area contributed by atoms with Crippen LogP contribution < -0.4 is 15.4 Å². The molecule has 0 aliphatic carbocycles. The molecule has 3 aromatic carbocycles. The maximum absolute atomic E-state index is 13.6.